The van der Waals surface area contributed by atoms with Crippen molar-refractivity contribution in [2.24, 2.45) is 4.99 Å². The van der Waals surface area contributed by atoms with Gasteiger partial charge < -0.3 is 13.6 Å². The van der Waals surface area contributed by atoms with Crippen LogP contribution in [0.15, 0.2) is 58.4 Å². The lowest BCUT2D eigenvalue weighted by Crippen LogP contribution is -2.29. The molecule has 130 valence electrons. The van der Waals surface area contributed by atoms with Crippen LogP contribution in [0.3, 0.4) is 0 Å². The Hall–Kier alpha value is -2.72. The standard InChI is InChI=1S/C15H13N3O5S2/c1-22-15(19)17-14-16-12-8-7-11(9-13(12)18-24-14)25(20,21)23-10-5-3-2-4-6-10/h2-9,18H,1H3,(H,16,17,19). The molecule has 1 aliphatic rings. The number of ether oxygens (including phenoxy) is 1. The van der Waals surface area contributed by atoms with Gasteiger partial charge in [0.15, 0.2) is 5.17 Å². The predicted octanol–water partition coefficient (Wildman–Crippen LogP) is 2.87. The van der Waals surface area contributed by atoms with Gasteiger partial charge in [0.1, 0.15) is 10.6 Å². The van der Waals surface area contributed by atoms with E-state index in [0.29, 0.717) is 11.4 Å². The van der Waals surface area contributed by atoms with Crippen molar-refractivity contribution in [1.29, 1.82) is 0 Å². The number of nitrogens with zero attached hydrogens (tertiary/aromatic N) is 1. The summed E-state index contributed by atoms with van der Waals surface area (Å²) in [5.41, 5.74) is 0.960. The van der Waals surface area contributed by atoms with E-state index in [1.54, 1.807) is 30.3 Å². The van der Waals surface area contributed by atoms with Crippen molar-refractivity contribution in [1.82, 2.24) is 5.32 Å². The molecule has 0 aromatic heterocycles. The normalized spacial score (nSPS) is 13.1. The van der Waals surface area contributed by atoms with E-state index in [4.69, 9.17) is 4.18 Å². The second-order valence-electron chi connectivity index (χ2n) is 4.77. The quantitative estimate of drug-likeness (QED) is 0.624. The lowest BCUT2D eigenvalue weighted by atomic mass is 10.3. The third-order valence-corrected chi connectivity index (χ3v) is 5.03. The zero-order chi connectivity index (χ0) is 17.9. The molecule has 3 rings (SSSR count). The number of carbonyl (C=O) groups is 1. The summed E-state index contributed by atoms with van der Waals surface area (Å²) < 4.78 is 37.2. The number of alkyl carbamates (subject to hydrolysis) is 1. The van der Waals surface area contributed by atoms with E-state index < -0.39 is 16.2 Å². The van der Waals surface area contributed by atoms with Gasteiger partial charge in [0.05, 0.1) is 18.5 Å². The van der Waals surface area contributed by atoms with Gasteiger partial charge in [0, 0.05) is 11.9 Å². The average Bonchev–Trinajstić information content (AvgIpc) is 2.61. The number of aliphatic imine (C=N–C) groups is 1. The molecular weight excluding hydrogens is 366 g/mol. The number of nitrogens with one attached hydrogen (secondary N) is 2. The number of benzene rings is 2. The first kappa shape index (κ1) is 17.1. The molecule has 0 radical (unpaired) electrons. The number of hydrogen-bond acceptors (Lipinski definition) is 8. The molecule has 25 heavy (non-hydrogen) atoms. The van der Waals surface area contributed by atoms with Crippen molar-refractivity contribution in [3.8, 4) is 5.75 Å². The van der Waals surface area contributed by atoms with Crippen LogP contribution in [0, 0.1) is 0 Å². The molecule has 10 heteroatoms. The highest BCUT2D eigenvalue weighted by Crippen LogP contribution is 2.34. The number of rotatable bonds is 3. The SMILES string of the molecule is COC(=O)NC1=Nc2ccc(S(=O)(=O)Oc3ccccc3)cc2NS1. The molecule has 0 bridgehead atoms. The van der Waals surface area contributed by atoms with Crippen molar-refractivity contribution < 1.29 is 22.1 Å². The summed E-state index contributed by atoms with van der Waals surface area (Å²) >= 11 is 1.03. The summed E-state index contributed by atoms with van der Waals surface area (Å²) in [7, 11) is -2.73. The number of hydrogen-bond donors (Lipinski definition) is 2. The van der Waals surface area contributed by atoms with Crippen LogP contribution >= 0.6 is 11.9 Å². The van der Waals surface area contributed by atoms with Gasteiger partial charge in [0.25, 0.3) is 0 Å². The van der Waals surface area contributed by atoms with Gasteiger partial charge in [-0.15, -0.1) is 0 Å². The molecule has 0 aliphatic carbocycles. The molecule has 0 atom stereocenters. The minimum absolute atomic E-state index is 0.0113. The van der Waals surface area contributed by atoms with Crippen LogP contribution < -0.4 is 14.2 Å². The maximum Gasteiger partial charge on any atom is 0.412 e. The van der Waals surface area contributed by atoms with Crippen molar-refractivity contribution in [2.45, 2.75) is 4.90 Å². The van der Waals surface area contributed by atoms with Crippen molar-refractivity contribution >= 4 is 44.7 Å². The molecule has 2 N–H and O–H groups in total. The molecule has 2 aromatic carbocycles. The number of carbonyl (C=O) groups excluding carboxylic acids is 1. The molecule has 0 unspecified atom stereocenters. The predicted molar refractivity (Wildman–Crippen MR) is 94.5 cm³/mol. The number of fused-ring (bicyclic) bond motifs is 1. The summed E-state index contributed by atoms with van der Waals surface area (Å²) in [6.07, 6.45) is -0.646. The van der Waals surface area contributed by atoms with E-state index >= 15 is 0 Å². The Morgan fingerprint density at radius 1 is 1.20 bits per heavy atom. The maximum atomic E-state index is 12.4. The number of amides is 1. The lowest BCUT2D eigenvalue weighted by Gasteiger charge is -2.17. The topological polar surface area (TPSA) is 106 Å². The molecule has 2 aromatic rings. The monoisotopic (exact) mass is 379 g/mol. The molecule has 0 saturated carbocycles. The van der Waals surface area contributed by atoms with Gasteiger partial charge >= 0.3 is 16.2 Å². The highest BCUT2D eigenvalue weighted by Gasteiger charge is 2.21. The Kier molecular flexibility index (Phi) is 4.81. The molecule has 1 amide bonds. The third kappa shape index (κ3) is 4.03. The summed E-state index contributed by atoms with van der Waals surface area (Å²) in [5, 5.41) is 2.72. The second-order valence-corrected chi connectivity index (χ2v) is 7.11. The van der Waals surface area contributed by atoms with E-state index in [1.807, 2.05) is 0 Å². The molecule has 1 heterocycles. The van der Waals surface area contributed by atoms with E-state index in [9.17, 15) is 13.2 Å². The fourth-order valence-electron chi connectivity index (χ4n) is 1.93. The van der Waals surface area contributed by atoms with Crippen molar-refractivity contribution in [2.75, 3.05) is 11.8 Å². The van der Waals surface area contributed by atoms with Gasteiger partial charge in [-0.3, -0.25) is 5.32 Å². The van der Waals surface area contributed by atoms with Crippen LogP contribution in [-0.4, -0.2) is 26.8 Å². The Bertz CT molecular complexity index is 929. The van der Waals surface area contributed by atoms with Gasteiger partial charge in [0.2, 0.25) is 0 Å². The minimum Gasteiger partial charge on any atom is -0.453 e. The lowest BCUT2D eigenvalue weighted by molar-refractivity contribution is 0.177. The molecular formula is C15H13N3O5S2. The van der Waals surface area contributed by atoms with Crippen LogP contribution in [0.2, 0.25) is 0 Å². The molecule has 0 spiro atoms. The van der Waals surface area contributed by atoms with Crippen LogP contribution in [0.4, 0.5) is 16.2 Å². The van der Waals surface area contributed by atoms with Gasteiger partial charge in [-0.05, 0) is 30.3 Å². The fraction of sp³-hybridized carbons (Fsp3) is 0.0667. The maximum absolute atomic E-state index is 12.4. The first-order valence-electron chi connectivity index (χ1n) is 6.98. The van der Waals surface area contributed by atoms with Crippen LogP contribution in [-0.2, 0) is 14.9 Å². The Balaban J connectivity index is 1.84. The number of para-hydroxylation sites is 1. The van der Waals surface area contributed by atoms with E-state index in [-0.39, 0.29) is 15.8 Å². The Labute approximate surface area is 148 Å². The highest BCUT2D eigenvalue weighted by atomic mass is 32.2. The second kappa shape index (κ2) is 7.03. The smallest absolute Gasteiger partial charge is 0.412 e. The number of anilines is 1. The number of methoxy groups -OCH3 is 1. The van der Waals surface area contributed by atoms with Crippen LogP contribution in [0.5, 0.6) is 5.75 Å². The number of amidine groups is 1. The molecule has 8 nitrogen and oxygen atoms in total. The fourth-order valence-corrected chi connectivity index (χ4v) is 3.53. The van der Waals surface area contributed by atoms with Crippen molar-refractivity contribution in [3.63, 3.8) is 0 Å². The minimum atomic E-state index is -3.97. The summed E-state index contributed by atoms with van der Waals surface area (Å²) in [6, 6.07) is 12.5. The van der Waals surface area contributed by atoms with Gasteiger partial charge in [-0.2, -0.15) is 8.42 Å². The zero-order valence-corrected chi connectivity index (χ0v) is 14.6. The van der Waals surface area contributed by atoms with E-state index in [0.717, 1.165) is 11.9 Å². The first-order valence-corrected chi connectivity index (χ1v) is 9.20. The van der Waals surface area contributed by atoms with Gasteiger partial charge in [-0.1, -0.05) is 18.2 Å². The Morgan fingerprint density at radius 3 is 2.68 bits per heavy atom. The largest absolute Gasteiger partial charge is 0.453 e. The summed E-state index contributed by atoms with van der Waals surface area (Å²) in [6.45, 7) is 0. The van der Waals surface area contributed by atoms with Crippen LogP contribution in [0.1, 0.15) is 0 Å². The molecule has 0 fully saturated rings. The Morgan fingerprint density at radius 2 is 1.96 bits per heavy atom. The molecule has 1 aliphatic heterocycles. The van der Waals surface area contributed by atoms with Gasteiger partial charge in [-0.25, -0.2) is 9.79 Å². The zero-order valence-electron chi connectivity index (χ0n) is 12.9. The van der Waals surface area contributed by atoms with E-state index in [2.05, 4.69) is 19.8 Å². The third-order valence-electron chi connectivity index (χ3n) is 3.08. The average molecular weight is 379 g/mol. The van der Waals surface area contributed by atoms with Crippen LogP contribution in [0.25, 0.3) is 0 Å². The molecule has 0 saturated heterocycles. The summed E-state index contributed by atoms with van der Waals surface area (Å²) in [4.78, 5) is 15.4. The van der Waals surface area contributed by atoms with Crippen molar-refractivity contribution in [3.05, 3.63) is 48.5 Å². The van der Waals surface area contributed by atoms with E-state index in [1.165, 1.54) is 25.3 Å². The first-order chi connectivity index (χ1) is 12.0. The highest BCUT2D eigenvalue weighted by molar-refractivity contribution is 8.15. The summed E-state index contributed by atoms with van der Waals surface area (Å²) in [5.74, 6) is 0.227.